The van der Waals surface area contributed by atoms with Crippen LogP contribution in [0.25, 0.3) is 0 Å². The van der Waals surface area contributed by atoms with E-state index in [4.69, 9.17) is 4.74 Å². The van der Waals surface area contributed by atoms with Crippen LogP contribution in [-0.4, -0.2) is 16.3 Å². The van der Waals surface area contributed by atoms with Gasteiger partial charge in [-0.25, -0.2) is 0 Å². The Morgan fingerprint density at radius 1 is 1.17 bits per heavy atom. The molecule has 3 heteroatoms. The molecule has 0 radical (unpaired) electrons. The van der Waals surface area contributed by atoms with Crippen LogP contribution in [-0.2, 0) is 0 Å². The smallest absolute Gasteiger partial charge is 0.169 e. The molecule has 0 amide bonds. The molecule has 1 aliphatic rings. The van der Waals surface area contributed by atoms with Gasteiger partial charge in [-0.05, 0) is 32.4 Å². The van der Waals surface area contributed by atoms with Crippen LogP contribution in [0.5, 0.6) is 17.2 Å². The molecule has 0 aromatic heterocycles. The Kier molecular flexibility index (Phi) is 3.32. The Balaban J connectivity index is 2.58. The predicted molar refractivity (Wildman–Crippen MR) is 71.3 cm³/mol. The van der Waals surface area contributed by atoms with Crippen molar-refractivity contribution in [3.05, 3.63) is 41.5 Å². The number of aromatic hydroxyl groups is 2. The maximum absolute atomic E-state index is 10.2. The van der Waals surface area contributed by atoms with E-state index >= 15 is 0 Å². The van der Waals surface area contributed by atoms with Gasteiger partial charge in [0, 0.05) is 5.92 Å². The molecule has 0 atom stereocenters. The normalized spacial score (nSPS) is 14.7. The highest BCUT2D eigenvalue weighted by molar-refractivity contribution is 5.60. The van der Waals surface area contributed by atoms with Gasteiger partial charge in [0.25, 0.3) is 0 Å². The third-order valence-corrected chi connectivity index (χ3v) is 2.89. The third kappa shape index (κ3) is 2.21. The molecule has 3 nitrogen and oxygen atoms in total. The average Bonchev–Trinajstić information content (AvgIpc) is 2.79. The SMILES string of the molecule is Cc1cc(O)c(OC(C)C)c(C2C=CC=C2)c1O. The minimum atomic E-state index is -0.0638. The molecular weight excluding hydrogens is 228 g/mol. The molecule has 96 valence electrons. The lowest BCUT2D eigenvalue weighted by atomic mass is 9.95. The van der Waals surface area contributed by atoms with E-state index in [0.717, 1.165) is 0 Å². The highest BCUT2D eigenvalue weighted by atomic mass is 16.5. The Hall–Kier alpha value is -1.90. The van der Waals surface area contributed by atoms with Crippen molar-refractivity contribution in [3.63, 3.8) is 0 Å². The zero-order valence-electron chi connectivity index (χ0n) is 10.8. The topological polar surface area (TPSA) is 49.7 Å². The summed E-state index contributed by atoms with van der Waals surface area (Å²) >= 11 is 0. The van der Waals surface area contributed by atoms with E-state index in [2.05, 4.69) is 0 Å². The summed E-state index contributed by atoms with van der Waals surface area (Å²) < 4.78 is 5.65. The summed E-state index contributed by atoms with van der Waals surface area (Å²) in [6.45, 7) is 5.54. The van der Waals surface area contributed by atoms with Gasteiger partial charge in [-0.1, -0.05) is 24.3 Å². The van der Waals surface area contributed by atoms with Crippen molar-refractivity contribution < 1.29 is 14.9 Å². The Labute approximate surface area is 107 Å². The van der Waals surface area contributed by atoms with E-state index < -0.39 is 0 Å². The Morgan fingerprint density at radius 3 is 2.33 bits per heavy atom. The summed E-state index contributed by atoms with van der Waals surface area (Å²) in [5.74, 6) is 0.575. The number of ether oxygens (including phenoxy) is 1. The summed E-state index contributed by atoms with van der Waals surface area (Å²) in [6.07, 6.45) is 7.69. The van der Waals surface area contributed by atoms with Crippen LogP contribution in [0.3, 0.4) is 0 Å². The van der Waals surface area contributed by atoms with Crippen molar-refractivity contribution in [2.75, 3.05) is 0 Å². The van der Waals surface area contributed by atoms with Gasteiger partial charge in [0.1, 0.15) is 5.75 Å². The van der Waals surface area contributed by atoms with Crippen LogP contribution in [0.15, 0.2) is 30.4 Å². The highest BCUT2D eigenvalue weighted by Gasteiger charge is 2.23. The molecule has 18 heavy (non-hydrogen) atoms. The van der Waals surface area contributed by atoms with Gasteiger partial charge in [-0.2, -0.15) is 0 Å². The number of hydrogen-bond donors (Lipinski definition) is 2. The molecule has 1 aromatic rings. The van der Waals surface area contributed by atoms with Crippen molar-refractivity contribution in [2.45, 2.75) is 32.8 Å². The highest BCUT2D eigenvalue weighted by Crippen LogP contribution is 2.45. The molecule has 2 rings (SSSR count). The van der Waals surface area contributed by atoms with Crippen molar-refractivity contribution in [1.29, 1.82) is 0 Å². The fourth-order valence-electron chi connectivity index (χ4n) is 2.09. The molecule has 0 heterocycles. The van der Waals surface area contributed by atoms with Gasteiger partial charge in [0.2, 0.25) is 0 Å². The molecule has 0 fully saturated rings. The van der Waals surface area contributed by atoms with Gasteiger partial charge >= 0.3 is 0 Å². The van der Waals surface area contributed by atoms with Crippen LogP contribution >= 0.6 is 0 Å². The molecule has 2 N–H and O–H groups in total. The number of phenols is 2. The maximum atomic E-state index is 10.2. The predicted octanol–water partition coefficient (Wildman–Crippen LogP) is 3.40. The Bertz CT molecular complexity index is 501. The number of aryl methyl sites for hydroxylation is 1. The summed E-state index contributed by atoms with van der Waals surface area (Å²) in [6, 6.07) is 1.53. The van der Waals surface area contributed by atoms with Gasteiger partial charge in [-0.15, -0.1) is 0 Å². The first-order valence-electron chi connectivity index (χ1n) is 6.07. The Morgan fingerprint density at radius 2 is 1.78 bits per heavy atom. The van der Waals surface area contributed by atoms with Crippen LogP contribution in [0, 0.1) is 6.92 Å². The minimum absolute atomic E-state index is 0.0513. The van der Waals surface area contributed by atoms with Gasteiger partial charge in [0.05, 0.1) is 11.7 Å². The molecular formula is C15H18O3. The van der Waals surface area contributed by atoms with Crippen LogP contribution in [0.4, 0.5) is 0 Å². The van der Waals surface area contributed by atoms with Crippen molar-refractivity contribution in [3.8, 4) is 17.2 Å². The third-order valence-electron chi connectivity index (χ3n) is 2.89. The second kappa shape index (κ2) is 4.77. The van der Waals surface area contributed by atoms with Crippen molar-refractivity contribution >= 4 is 0 Å². The summed E-state index contributed by atoms with van der Waals surface area (Å²) in [7, 11) is 0. The fourth-order valence-corrected chi connectivity index (χ4v) is 2.09. The molecule has 0 aliphatic heterocycles. The number of phenolic OH excluding ortho intramolecular Hbond substituents is 2. The van der Waals surface area contributed by atoms with Crippen LogP contribution in [0.1, 0.15) is 30.9 Å². The van der Waals surface area contributed by atoms with E-state index in [-0.39, 0.29) is 23.5 Å². The van der Waals surface area contributed by atoms with Gasteiger partial charge in [-0.3, -0.25) is 0 Å². The van der Waals surface area contributed by atoms with E-state index in [9.17, 15) is 10.2 Å². The second-order valence-corrected chi connectivity index (χ2v) is 4.77. The first kappa shape index (κ1) is 12.6. The summed E-state index contributed by atoms with van der Waals surface area (Å²) in [4.78, 5) is 0. The second-order valence-electron chi connectivity index (χ2n) is 4.77. The average molecular weight is 246 g/mol. The first-order chi connectivity index (χ1) is 8.50. The molecule has 1 aromatic carbocycles. The van der Waals surface area contributed by atoms with Gasteiger partial charge < -0.3 is 14.9 Å². The van der Waals surface area contributed by atoms with E-state index in [0.29, 0.717) is 16.9 Å². The minimum Gasteiger partial charge on any atom is -0.507 e. The molecule has 0 bridgehead atoms. The van der Waals surface area contributed by atoms with E-state index in [1.165, 1.54) is 6.07 Å². The fraction of sp³-hybridized carbons (Fsp3) is 0.333. The van der Waals surface area contributed by atoms with Crippen molar-refractivity contribution in [2.24, 2.45) is 0 Å². The monoisotopic (exact) mass is 246 g/mol. The van der Waals surface area contributed by atoms with Crippen molar-refractivity contribution in [1.82, 2.24) is 0 Å². The number of allylic oxidation sites excluding steroid dienone is 4. The van der Waals surface area contributed by atoms with E-state index in [1.54, 1.807) is 6.92 Å². The standard InChI is InChI=1S/C15H18O3/c1-9(2)18-15-12(16)8-10(3)14(17)13(15)11-6-4-5-7-11/h4-9,11,16-17H,1-3H3. The molecule has 1 aliphatic carbocycles. The van der Waals surface area contributed by atoms with Crippen LogP contribution < -0.4 is 4.74 Å². The number of benzene rings is 1. The molecule has 0 unspecified atom stereocenters. The largest absolute Gasteiger partial charge is 0.507 e. The lowest BCUT2D eigenvalue weighted by molar-refractivity contribution is 0.227. The lowest BCUT2D eigenvalue weighted by Gasteiger charge is -2.20. The zero-order chi connectivity index (χ0) is 13.3. The molecule has 0 spiro atoms. The maximum Gasteiger partial charge on any atom is 0.169 e. The van der Waals surface area contributed by atoms with Gasteiger partial charge in [0.15, 0.2) is 11.5 Å². The number of hydrogen-bond acceptors (Lipinski definition) is 3. The molecule has 0 saturated carbocycles. The lowest BCUT2D eigenvalue weighted by Crippen LogP contribution is -2.09. The van der Waals surface area contributed by atoms with Crippen LogP contribution in [0.2, 0.25) is 0 Å². The quantitative estimate of drug-likeness (QED) is 0.803. The first-order valence-corrected chi connectivity index (χ1v) is 6.07. The summed E-state index contributed by atoms with van der Waals surface area (Å²) in [5.41, 5.74) is 1.28. The molecule has 0 saturated heterocycles. The number of rotatable bonds is 3. The zero-order valence-corrected chi connectivity index (χ0v) is 10.8. The summed E-state index contributed by atoms with van der Waals surface area (Å²) in [5, 5.41) is 20.2. The van der Waals surface area contributed by atoms with E-state index in [1.807, 2.05) is 38.2 Å².